The molecule has 5 heteroatoms. The number of ether oxygens (including phenoxy) is 1. The summed E-state index contributed by atoms with van der Waals surface area (Å²) in [5.41, 5.74) is 2.78. The zero-order chi connectivity index (χ0) is 12.1. The van der Waals surface area contributed by atoms with Crippen LogP contribution in [0.4, 0.5) is 0 Å². The fourth-order valence-electron chi connectivity index (χ4n) is 1.48. The van der Waals surface area contributed by atoms with E-state index in [0.717, 1.165) is 21.2 Å². The second-order valence-electron chi connectivity index (χ2n) is 3.50. The minimum absolute atomic E-state index is 0.529. The fourth-order valence-corrected chi connectivity index (χ4v) is 2.22. The molecule has 0 saturated heterocycles. The van der Waals surface area contributed by atoms with Gasteiger partial charge in [-0.15, -0.1) is 11.3 Å². The first-order valence-corrected chi connectivity index (χ1v) is 6.49. The molecule has 0 aliphatic heterocycles. The van der Waals surface area contributed by atoms with Crippen LogP contribution in [0.25, 0.3) is 0 Å². The highest BCUT2D eigenvalue weighted by molar-refractivity contribution is 7.09. The standard InChI is InChI=1S/C12H13ClN2OS/c1-14-6-10-11(13)3-2-4-12(10)16-7-9-5-15-8-17-9/h2-5,8,14H,6-7H2,1H3. The molecule has 0 aliphatic rings. The summed E-state index contributed by atoms with van der Waals surface area (Å²) in [6, 6.07) is 5.69. The number of benzene rings is 1. The van der Waals surface area contributed by atoms with E-state index in [-0.39, 0.29) is 0 Å². The number of aromatic nitrogens is 1. The fraction of sp³-hybridized carbons (Fsp3) is 0.250. The number of nitrogens with one attached hydrogen (secondary N) is 1. The molecule has 2 aromatic rings. The summed E-state index contributed by atoms with van der Waals surface area (Å²) in [6.07, 6.45) is 1.81. The maximum absolute atomic E-state index is 6.14. The number of nitrogens with zero attached hydrogens (tertiary/aromatic N) is 1. The summed E-state index contributed by atoms with van der Waals surface area (Å²) >= 11 is 7.72. The molecule has 17 heavy (non-hydrogen) atoms. The number of hydrogen-bond donors (Lipinski definition) is 1. The molecule has 0 atom stereocenters. The van der Waals surface area contributed by atoms with Crippen molar-refractivity contribution >= 4 is 22.9 Å². The van der Waals surface area contributed by atoms with E-state index in [0.29, 0.717) is 13.2 Å². The van der Waals surface area contributed by atoms with Crippen molar-refractivity contribution in [2.45, 2.75) is 13.2 Å². The molecule has 3 nitrogen and oxygen atoms in total. The Morgan fingerprint density at radius 3 is 3.06 bits per heavy atom. The zero-order valence-corrected chi connectivity index (χ0v) is 11.0. The Kier molecular flexibility index (Phi) is 4.36. The van der Waals surface area contributed by atoms with Crippen molar-refractivity contribution in [3.05, 3.63) is 45.4 Å². The molecule has 1 N–H and O–H groups in total. The summed E-state index contributed by atoms with van der Waals surface area (Å²) in [5.74, 6) is 0.820. The van der Waals surface area contributed by atoms with Crippen LogP contribution in [0.3, 0.4) is 0 Å². The molecule has 90 valence electrons. The summed E-state index contributed by atoms with van der Waals surface area (Å²) < 4.78 is 5.76. The first-order valence-electron chi connectivity index (χ1n) is 5.23. The smallest absolute Gasteiger partial charge is 0.125 e. The van der Waals surface area contributed by atoms with Crippen molar-refractivity contribution in [3.8, 4) is 5.75 Å². The third kappa shape index (κ3) is 3.19. The summed E-state index contributed by atoms with van der Waals surface area (Å²) in [5, 5.41) is 3.81. The van der Waals surface area contributed by atoms with E-state index in [9.17, 15) is 0 Å². The second kappa shape index (κ2) is 6.00. The molecule has 1 aromatic carbocycles. The molecular weight excluding hydrogens is 256 g/mol. The van der Waals surface area contributed by atoms with E-state index < -0.39 is 0 Å². The summed E-state index contributed by atoms with van der Waals surface area (Å²) in [7, 11) is 1.89. The second-order valence-corrected chi connectivity index (χ2v) is 4.88. The van der Waals surface area contributed by atoms with Gasteiger partial charge in [-0.25, -0.2) is 0 Å². The summed E-state index contributed by atoms with van der Waals surface area (Å²) in [4.78, 5) is 5.11. The van der Waals surface area contributed by atoms with Crippen LogP contribution in [0.5, 0.6) is 5.75 Å². The Balaban J connectivity index is 2.11. The maximum Gasteiger partial charge on any atom is 0.125 e. The van der Waals surface area contributed by atoms with E-state index in [2.05, 4.69) is 10.3 Å². The SMILES string of the molecule is CNCc1c(Cl)cccc1OCc1cncs1. The van der Waals surface area contributed by atoms with E-state index in [1.165, 1.54) is 0 Å². The van der Waals surface area contributed by atoms with Crippen LogP contribution in [-0.2, 0) is 13.2 Å². The molecule has 1 aromatic heterocycles. The number of rotatable bonds is 5. The normalized spacial score (nSPS) is 10.5. The first kappa shape index (κ1) is 12.4. The molecule has 0 radical (unpaired) electrons. The molecule has 0 saturated carbocycles. The van der Waals surface area contributed by atoms with Crippen molar-refractivity contribution in [1.29, 1.82) is 0 Å². The first-order chi connectivity index (χ1) is 8.31. The quantitative estimate of drug-likeness (QED) is 0.905. The minimum Gasteiger partial charge on any atom is -0.488 e. The average Bonchev–Trinajstić information content (AvgIpc) is 2.83. The minimum atomic E-state index is 0.529. The van der Waals surface area contributed by atoms with E-state index in [4.69, 9.17) is 16.3 Å². The van der Waals surface area contributed by atoms with Crippen LogP contribution < -0.4 is 10.1 Å². The molecular formula is C12H13ClN2OS. The highest BCUT2D eigenvalue weighted by atomic mass is 35.5. The maximum atomic E-state index is 6.14. The van der Waals surface area contributed by atoms with Gasteiger partial charge < -0.3 is 10.1 Å². The van der Waals surface area contributed by atoms with Crippen molar-refractivity contribution in [3.63, 3.8) is 0 Å². The highest BCUT2D eigenvalue weighted by Crippen LogP contribution is 2.27. The van der Waals surface area contributed by atoms with Gasteiger partial charge in [-0.1, -0.05) is 17.7 Å². The van der Waals surface area contributed by atoms with Gasteiger partial charge in [0.25, 0.3) is 0 Å². The van der Waals surface area contributed by atoms with E-state index in [1.807, 2.05) is 31.4 Å². The predicted molar refractivity (Wildman–Crippen MR) is 70.7 cm³/mol. The van der Waals surface area contributed by atoms with Gasteiger partial charge >= 0.3 is 0 Å². The average molecular weight is 269 g/mol. The molecule has 2 rings (SSSR count). The highest BCUT2D eigenvalue weighted by Gasteiger charge is 2.07. The van der Waals surface area contributed by atoms with Gasteiger partial charge in [-0.05, 0) is 19.2 Å². The molecule has 0 unspecified atom stereocenters. The molecule has 1 heterocycles. The molecule has 0 amide bonds. The molecule has 0 aliphatic carbocycles. The summed E-state index contributed by atoms with van der Waals surface area (Å²) in [6.45, 7) is 1.22. The van der Waals surface area contributed by atoms with Crippen molar-refractivity contribution in [2.24, 2.45) is 0 Å². The van der Waals surface area contributed by atoms with Crippen LogP contribution in [0.15, 0.2) is 29.9 Å². The van der Waals surface area contributed by atoms with Gasteiger partial charge in [0.1, 0.15) is 12.4 Å². The van der Waals surface area contributed by atoms with Gasteiger partial charge in [0.2, 0.25) is 0 Å². The third-order valence-electron chi connectivity index (χ3n) is 2.28. The largest absolute Gasteiger partial charge is 0.488 e. The molecule has 0 bridgehead atoms. The molecule has 0 spiro atoms. The number of halogens is 1. The van der Waals surface area contributed by atoms with Crippen LogP contribution in [0.2, 0.25) is 5.02 Å². The van der Waals surface area contributed by atoms with Crippen LogP contribution in [-0.4, -0.2) is 12.0 Å². The Hall–Kier alpha value is -1.10. The van der Waals surface area contributed by atoms with E-state index >= 15 is 0 Å². The van der Waals surface area contributed by atoms with Crippen LogP contribution in [0.1, 0.15) is 10.4 Å². The van der Waals surface area contributed by atoms with Crippen LogP contribution in [0, 0.1) is 0 Å². The lowest BCUT2D eigenvalue weighted by Gasteiger charge is -2.11. The Labute approximate surface area is 109 Å². The van der Waals surface area contributed by atoms with Gasteiger partial charge in [-0.2, -0.15) is 0 Å². The van der Waals surface area contributed by atoms with Gasteiger partial charge in [0.05, 0.1) is 10.4 Å². The number of thiazole rings is 1. The van der Waals surface area contributed by atoms with Gasteiger partial charge in [0, 0.05) is 23.3 Å². The monoisotopic (exact) mass is 268 g/mol. The van der Waals surface area contributed by atoms with Gasteiger partial charge in [-0.3, -0.25) is 4.98 Å². The topological polar surface area (TPSA) is 34.1 Å². The lowest BCUT2D eigenvalue weighted by molar-refractivity contribution is 0.305. The van der Waals surface area contributed by atoms with Crippen molar-refractivity contribution in [1.82, 2.24) is 10.3 Å². The zero-order valence-electron chi connectivity index (χ0n) is 9.44. The lowest BCUT2D eigenvalue weighted by atomic mass is 10.2. The van der Waals surface area contributed by atoms with Crippen molar-refractivity contribution < 1.29 is 4.74 Å². The predicted octanol–water partition coefficient (Wildman–Crippen LogP) is 3.09. The Morgan fingerprint density at radius 2 is 2.35 bits per heavy atom. The Morgan fingerprint density at radius 1 is 1.47 bits per heavy atom. The van der Waals surface area contributed by atoms with Crippen LogP contribution >= 0.6 is 22.9 Å². The van der Waals surface area contributed by atoms with Crippen molar-refractivity contribution in [2.75, 3.05) is 7.05 Å². The lowest BCUT2D eigenvalue weighted by Crippen LogP contribution is -2.08. The van der Waals surface area contributed by atoms with E-state index in [1.54, 1.807) is 16.8 Å². The molecule has 0 fully saturated rings. The Bertz CT molecular complexity index is 473. The number of hydrogen-bond acceptors (Lipinski definition) is 4. The van der Waals surface area contributed by atoms with Gasteiger partial charge in [0.15, 0.2) is 0 Å². The third-order valence-corrected chi connectivity index (χ3v) is 3.39.